The van der Waals surface area contributed by atoms with Crippen LogP contribution in [0, 0.1) is 35.1 Å². The lowest BCUT2D eigenvalue weighted by atomic mass is 9.79. The average molecular weight is 477 g/mol. The average Bonchev–Trinajstić information content (AvgIpc) is 2.84. The molecule has 184 valence electrons. The third kappa shape index (κ3) is 5.26. The lowest BCUT2D eigenvalue weighted by Crippen LogP contribution is -2.20. The highest BCUT2D eigenvalue weighted by atomic mass is 19.2. The molecule has 1 fully saturated rings. The van der Waals surface area contributed by atoms with Gasteiger partial charge in [0.2, 0.25) is 11.6 Å². The van der Waals surface area contributed by atoms with Gasteiger partial charge in [-0.25, -0.2) is 8.78 Å². The van der Waals surface area contributed by atoms with Gasteiger partial charge >= 0.3 is 0 Å². The molecule has 0 saturated heterocycles. The van der Waals surface area contributed by atoms with Crippen LogP contribution in [0.2, 0.25) is 0 Å². The second-order valence-electron chi connectivity index (χ2n) is 9.59. The molecule has 2 aromatic rings. The normalized spacial score (nSPS) is 22.9. The minimum atomic E-state index is -0.947. The Morgan fingerprint density at radius 1 is 0.794 bits per heavy atom. The van der Waals surface area contributed by atoms with Crippen molar-refractivity contribution in [2.45, 2.75) is 64.7 Å². The highest BCUT2D eigenvalue weighted by Gasteiger charge is 2.27. The zero-order chi connectivity index (χ0) is 24.2. The molecule has 1 atom stereocenters. The van der Waals surface area contributed by atoms with E-state index in [0.29, 0.717) is 29.9 Å². The fourth-order valence-electron chi connectivity index (χ4n) is 5.08. The van der Waals surface area contributed by atoms with Gasteiger partial charge in [0.25, 0.3) is 0 Å². The summed E-state index contributed by atoms with van der Waals surface area (Å²) in [6, 6.07) is 6.20. The first-order chi connectivity index (χ1) is 16.4. The molecule has 0 N–H and O–H groups in total. The minimum Gasteiger partial charge on any atom is -0.491 e. The van der Waals surface area contributed by atoms with Crippen LogP contribution < -0.4 is 9.47 Å². The van der Waals surface area contributed by atoms with Crippen molar-refractivity contribution in [1.82, 2.24) is 0 Å². The van der Waals surface area contributed by atoms with Crippen LogP contribution in [0.3, 0.4) is 0 Å². The van der Waals surface area contributed by atoms with Gasteiger partial charge in [-0.05, 0) is 99.0 Å². The van der Waals surface area contributed by atoms with Crippen LogP contribution in [0.1, 0.15) is 75.8 Å². The van der Waals surface area contributed by atoms with Crippen LogP contribution in [-0.4, -0.2) is 13.2 Å². The van der Waals surface area contributed by atoms with Gasteiger partial charge in [-0.3, -0.25) is 0 Å². The summed E-state index contributed by atoms with van der Waals surface area (Å²) in [6.45, 7) is 4.41. The van der Waals surface area contributed by atoms with Crippen molar-refractivity contribution >= 4 is 5.57 Å². The lowest BCUT2D eigenvalue weighted by Gasteiger charge is -2.29. The Morgan fingerprint density at radius 3 is 2.15 bits per heavy atom. The van der Waals surface area contributed by atoms with E-state index in [2.05, 4.69) is 6.92 Å². The number of benzene rings is 2. The number of allylic oxidation sites excluding steroid dienone is 2. The Labute approximate surface area is 199 Å². The molecule has 4 rings (SSSR count). The third-order valence-corrected chi connectivity index (χ3v) is 7.20. The lowest BCUT2D eigenvalue weighted by molar-refractivity contribution is 0.191. The van der Waals surface area contributed by atoms with Crippen LogP contribution in [-0.2, 0) is 0 Å². The molecule has 1 saturated carbocycles. The Morgan fingerprint density at radius 2 is 1.47 bits per heavy atom. The Kier molecular flexibility index (Phi) is 7.84. The van der Waals surface area contributed by atoms with Gasteiger partial charge in [-0.1, -0.05) is 19.1 Å². The quantitative estimate of drug-likeness (QED) is 0.375. The van der Waals surface area contributed by atoms with Crippen molar-refractivity contribution in [3.63, 3.8) is 0 Å². The summed E-state index contributed by atoms with van der Waals surface area (Å²) >= 11 is 0. The van der Waals surface area contributed by atoms with Crippen molar-refractivity contribution in [3.05, 3.63) is 64.7 Å². The minimum absolute atomic E-state index is 0.0690. The molecule has 2 nitrogen and oxygen atoms in total. The highest BCUT2D eigenvalue weighted by molar-refractivity contribution is 5.67. The van der Waals surface area contributed by atoms with Crippen LogP contribution in [0.15, 0.2) is 30.3 Å². The molecule has 2 aromatic carbocycles. The van der Waals surface area contributed by atoms with E-state index < -0.39 is 23.3 Å². The number of halogens is 4. The molecule has 34 heavy (non-hydrogen) atoms. The van der Waals surface area contributed by atoms with Crippen molar-refractivity contribution < 1.29 is 27.0 Å². The number of hydrogen-bond acceptors (Lipinski definition) is 2. The monoisotopic (exact) mass is 476 g/mol. The first kappa shape index (κ1) is 24.6. The van der Waals surface area contributed by atoms with Crippen LogP contribution in [0.5, 0.6) is 11.5 Å². The second kappa shape index (κ2) is 10.8. The molecular weight excluding hydrogens is 444 g/mol. The Hall–Kier alpha value is -2.50. The summed E-state index contributed by atoms with van der Waals surface area (Å²) in [5.41, 5.74) is 1.55. The van der Waals surface area contributed by atoms with Crippen molar-refractivity contribution in [1.29, 1.82) is 0 Å². The second-order valence-corrected chi connectivity index (χ2v) is 9.59. The van der Waals surface area contributed by atoms with E-state index in [1.54, 1.807) is 19.1 Å². The zero-order valence-electron chi connectivity index (χ0n) is 19.8. The molecule has 0 aliphatic heterocycles. The first-order valence-electron chi connectivity index (χ1n) is 12.3. The SMILES string of the molecule is CCOc1ccc(C2CCC(COc3ccc(C4=CCC(C)CC4)c(F)c3F)CC2)c(F)c1F. The molecule has 0 heterocycles. The molecule has 0 spiro atoms. The predicted octanol–water partition coefficient (Wildman–Crippen LogP) is 8.20. The van der Waals surface area contributed by atoms with E-state index in [1.807, 2.05) is 6.08 Å². The Bertz CT molecular complexity index is 1040. The van der Waals surface area contributed by atoms with Gasteiger partial charge in [0.1, 0.15) is 0 Å². The highest BCUT2D eigenvalue weighted by Crippen LogP contribution is 2.39. The molecule has 1 unspecified atom stereocenters. The standard InChI is InChI=1S/C28H32F4O2/c1-3-33-23-14-12-22(25(29)27(23)31)20-10-6-18(7-11-20)16-34-24-15-13-21(26(30)28(24)32)19-8-4-17(2)5-9-19/h8,12-15,17-18,20H,3-7,9-11,16H2,1-2H3. The van der Waals surface area contributed by atoms with Crippen molar-refractivity contribution in [2.24, 2.45) is 11.8 Å². The maximum atomic E-state index is 14.7. The number of rotatable bonds is 7. The molecule has 0 aromatic heterocycles. The Balaban J connectivity index is 1.34. The van der Waals surface area contributed by atoms with Gasteiger partial charge in [0, 0.05) is 5.56 Å². The summed E-state index contributed by atoms with van der Waals surface area (Å²) in [5, 5.41) is 0. The zero-order valence-corrected chi connectivity index (χ0v) is 19.8. The van der Waals surface area contributed by atoms with Crippen LogP contribution in [0.25, 0.3) is 5.57 Å². The topological polar surface area (TPSA) is 18.5 Å². The number of hydrogen-bond donors (Lipinski definition) is 0. The van der Waals surface area contributed by atoms with Gasteiger partial charge in [0.05, 0.1) is 13.2 Å². The van der Waals surface area contributed by atoms with E-state index in [9.17, 15) is 17.6 Å². The largest absolute Gasteiger partial charge is 0.491 e. The number of ether oxygens (including phenoxy) is 2. The molecule has 6 heteroatoms. The molecule has 2 aliphatic carbocycles. The molecular formula is C28H32F4O2. The van der Waals surface area contributed by atoms with Crippen molar-refractivity contribution in [3.8, 4) is 11.5 Å². The maximum absolute atomic E-state index is 14.7. The van der Waals surface area contributed by atoms with Gasteiger partial charge in [-0.15, -0.1) is 0 Å². The summed E-state index contributed by atoms with van der Waals surface area (Å²) in [7, 11) is 0. The fraction of sp³-hybridized carbons (Fsp3) is 0.500. The van der Waals surface area contributed by atoms with E-state index in [0.717, 1.165) is 37.7 Å². The third-order valence-electron chi connectivity index (χ3n) is 7.20. The molecule has 0 amide bonds. The van der Waals surface area contributed by atoms with E-state index in [1.165, 1.54) is 12.1 Å². The van der Waals surface area contributed by atoms with E-state index in [4.69, 9.17) is 9.47 Å². The summed E-state index contributed by atoms with van der Waals surface area (Å²) in [4.78, 5) is 0. The smallest absolute Gasteiger partial charge is 0.201 e. The fourth-order valence-corrected chi connectivity index (χ4v) is 5.08. The predicted molar refractivity (Wildman–Crippen MR) is 125 cm³/mol. The van der Waals surface area contributed by atoms with Crippen LogP contribution >= 0.6 is 0 Å². The molecule has 2 aliphatic rings. The molecule has 0 bridgehead atoms. The van der Waals surface area contributed by atoms with Gasteiger partial charge in [0.15, 0.2) is 23.1 Å². The van der Waals surface area contributed by atoms with Crippen LogP contribution in [0.4, 0.5) is 17.6 Å². The van der Waals surface area contributed by atoms with E-state index >= 15 is 0 Å². The van der Waals surface area contributed by atoms with Gasteiger partial charge < -0.3 is 9.47 Å². The summed E-state index contributed by atoms with van der Waals surface area (Å²) in [5.74, 6) is -3.09. The van der Waals surface area contributed by atoms with E-state index in [-0.39, 0.29) is 36.5 Å². The molecule has 0 radical (unpaired) electrons. The summed E-state index contributed by atoms with van der Waals surface area (Å²) < 4.78 is 69.0. The van der Waals surface area contributed by atoms with Crippen molar-refractivity contribution in [2.75, 3.05) is 13.2 Å². The van der Waals surface area contributed by atoms with Gasteiger partial charge in [-0.2, -0.15) is 8.78 Å². The first-order valence-corrected chi connectivity index (χ1v) is 12.3. The maximum Gasteiger partial charge on any atom is 0.201 e. The summed E-state index contributed by atoms with van der Waals surface area (Å²) in [6.07, 6.45) is 7.45.